The fourth-order valence-corrected chi connectivity index (χ4v) is 7.60. The molecule has 8 nitrogen and oxygen atoms in total. The van der Waals surface area contributed by atoms with Gasteiger partial charge in [0, 0.05) is 42.2 Å². The smallest absolute Gasteiger partial charge is 0.227 e. The highest BCUT2D eigenvalue weighted by atomic mass is 32.2. The first-order chi connectivity index (χ1) is 18.5. The molecule has 2 fully saturated rings. The number of ether oxygens (including phenoxy) is 1. The maximum Gasteiger partial charge on any atom is 0.227 e. The number of nitrogens with zero attached hydrogens (tertiary/aromatic N) is 4. The molecule has 0 bridgehead atoms. The van der Waals surface area contributed by atoms with Gasteiger partial charge >= 0.3 is 0 Å². The van der Waals surface area contributed by atoms with Gasteiger partial charge in [-0.1, -0.05) is 0 Å². The van der Waals surface area contributed by atoms with Gasteiger partial charge in [0.25, 0.3) is 0 Å². The molecule has 1 N–H and O–H groups in total. The van der Waals surface area contributed by atoms with E-state index in [2.05, 4.69) is 25.9 Å². The van der Waals surface area contributed by atoms with Gasteiger partial charge in [0.15, 0.2) is 5.65 Å². The zero-order valence-electron chi connectivity index (χ0n) is 21.2. The summed E-state index contributed by atoms with van der Waals surface area (Å²) in [5.74, 6) is 0.824. The van der Waals surface area contributed by atoms with Crippen LogP contribution in [-0.2, 0) is 10.0 Å². The first-order valence-corrected chi connectivity index (χ1v) is 14.9. The molecule has 0 spiro atoms. The van der Waals surface area contributed by atoms with E-state index in [1.807, 2.05) is 18.5 Å². The molecule has 10 heteroatoms. The molecule has 3 aromatic heterocycles. The van der Waals surface area contributed by atoms with Gasteiger partial charge in [-0.05, 0) is 86.7 Å². The summed E-state index contributed by atoms with van der Waals surface area (Å²) in [7, 11) is -3.41. The van der Waals surface area contributed by atoms with Crippen LogP contribution in [0.15, 0.2) is 55.0 Å². The van der Waals surface area contributed by atoms with E-state index in [0.717, 1.165) is 55.3 Å². The minimum atomic E-state index is -3.41. The third-order valence-electron chi connectivity index (χ3n) is 7.87. The van der Waals surface area contributed by atoms with E-state index in [4.69, 9.17) is 4.74 Å². The number of likely N-dealkylation sites (tertiary alicyclic amines) is 1. The molecule has 6 rings (SSSR count). The highest BCUT2D eigenvalue weighted by Gasteiger charge is 2.32. The Labute approximate surface area is 221 Å². The monoisotopic (exact) mass is 537 g/mol. The molecule has 2 saturated heterocycles. The fourth-order valence-electron chi connectivity index (χ4n) is 5.87. The van der Waals surface area contributed by atoms with E-state index in [0.29, 0.717) is 31.4 Å². The Morgan fingerprint density at radius 1 is 1.03 bits per heavy atom. The first kappa shape index (κ1) is 25.2. The zero-order chi connectivity index (χ0) is 26.1. The van der Waals surface area contributed by atoms with Crippen LogP contribution in [0.1, 0.15) is 37.2 Å². The second-order valence-corrected chi connectivity index (χ2v) is 12.4. The van der Waals surface area contributed by atoms with Crippen LogP contribution in [-0.4, -0.2) is 71.2 Å². The maximum absolute atomic E-state index is 13.3. The van der Waals surface area contributed by atoms with E-state index in [1.165, 1.54) is 23.1 Å². The summed E-state index contributed by atoms with van der Waals surface area (Å²) in [6.07, 6.45) is 9.14. The van der Waals surface area contributed by atoms with E-state index in [-0.39, 0.29) is 17.6 Å². The fraction of sp³-hybridized carbons (Fsp3) is 0.429. The van der Waals surface area contributed by atoms with Crippen molar-refractivity contribution in [2.24, 2.45) is 5.92 Å². The summed E-state index contributed by atoms with van der Waals surface area (Å²) in [5.41, 5.74) is 3.03. The van der Waals surface area contributed by atoms with Gasteiger partial charge in [-0.15, -0.1) is 0 Å². The normalized spacial score (nSPS) is 20.3. The Morgan fingerprint density at radius 2 is 1.84 bits per heavy atom. The molecule has 1 atom stereocenters. The average Bonchev–Trinajstić information content (AvgIpc) is 3.42. The van der Waals surface area contributed by atoms with Crippen molar-refractivity contribution in [3.05, 3.63) is 66.4 Å². The van der Waals surface area contributed by atoms with Gasteiger partial charge in [0.2, 0.25) is 10.0 Å². The van der Waals surface area contributed by atoms with Crippen LogP contribution in [0.3, 0.4) is 0 Å². The predicted molar refractivity (Wildman–Crippen MR) is 145 cm³/mol. The summed E-state index contributed by atoms with van der Waals surface area (Å²) in [5, 5.41) is 2.23. The van der Waals surface area contributed by atoms with Crippen LogP contribution in [0, 0.1) is 11.7 Å². The first-order valence-electron chi connectivity index (χ1n) is 13.3. The lowest BCUT2D eigenvalue weighted by Gasteiger charge is -2.36. The maximum atomic E-state index is 13.3. The van der Waals surface area contributed by atoms with Gasteiger partial charge in [-0.25, -0.2) is 27.1 Å². The minimum absolute atomic E-state index is 0.0511. The SMILES string of the molecule is O=S(=O)(CN1CCC(c2cc[nH]c3cnc4nccc4c23)CC1)N1CCCC(COc2ccc(F)cc2)C1. The molecule has 1 aromatic carbocycles. The van der Waals surface area contributed by atoms with Crippen LogP contribution >= 0.6 is 0 Å². The van der Waals surface area contributed by atoms with Crippen LogP contribution < -0.4 is 4.74 Å². The van der Waals surface area contributed by atoms with E-state index < -0.39 is 10.0 Å². The Balaban J connectivity index is 1.07. The molecule has 5 heterocycles. The Morgan fingerprint density at radius 3 is 2.66 bits per heavy atom. The summed E-state index contributed by atoms with van der Waals surface area (Å²) >= 11 is 0. The number of hydrogen-bond donors (Lipinski definition) is 1. The Kier molecular flexibility index (Phi) is 7.03. The van der Waals surface area contributed by atoms with Crippen LogP contribution in [0.2, 0.25) is 0 Å². The van der Waals surface area contributed by atoms with Crippen LogP contribution in [0.5, 0.6) is 5.75 Å². The molecule has 38 heavy (non-hydrogen) atoms. The topological polar surface area (TPSA) is 91.4 Å². The lowest BCUT2D eigenvalue weighted by Crippen LogP contribution is -2.47. The van der Waals surface area contributed by atoms with Gasteiger partial charge < -0.3 is 9.72 Å². The van der Waals surface area contributed by atoms with Crippen molar-refractivity contribution in [2.75, 3.05) is 38.7 Å². The number of fused-ring (bicyclic) bond motifs is 3. The quantitative estimate of drug-likeness (QED) is 0.373. The largest absolute Gasteiger partial charge is 0.493 e. The van der Waals surface area contributed by atoms with Crippen LogP contribution in [0.25, 0.3) is 21.9 Å². The summed E-state index contributed by atoms with van der Waals surface area (Å²) < 4.78 is 47.2. The van der Waals surface area contributed by atoms with Crippen molar-refractivity contribution >= 4 is 32.0 Å². The number of aromatic nitrogens is 3. The number of piperidine rings is 2. The number of aromatic amines is 1. The van der Waals surface area contributed by atoms with Crippen molar-refractivity contribution in [3.63, 3.8) is 0 Å². The molecular weight excluding hydrogens is 505 g/mol. The van der Waals surface area contributed by atoms with E-state index in [9.17, 15) is 12.8 Å². The molecular formula is C28H32FN5O3S. The summed E-state index contributed by atoms with van der Waals surface area (Å²) in [6, 6.07) is 10.1. The molecule has 0 radical (unpaired) electrons. The second kappa shape index (κ2) is 10.6. The molecule has 2 aliphatic heterocycles. The minimum Gasteiger partial charge on any atom is -0.493 e. The molecule has 2 aliphatic rings. The third kappa shape index (κ3) is 5.25. The van der Waals surface area contributed by atoms with Gasteiger partial charge in [-0.3, -0.25) is 4.90 Å². The highest BCUT2D eigenvalue weighted by Crippen LogP contribution is 2.35. The van der Waals surface area contributed by atoms with E-state index >= 15 is 0 Å². The third-order valence-corrected chi connectivity index (χ3v) is 9.68. The number of hydrogen-bond acceptors (Lipinski definition) is 6. The molecule has 0 amide bonds. The lowest BCUT2D eigenvalue weighted by atomic mass is 9.87. The van der Waals surface area contributed by atoms with Crippen molar-refractivity contribution in [1.29, 1.82) is 0 Å². The zero-order valence-corrected chi connectivity index (χ0v) is 22.0. The van der Waals surface area contributed by atoms with E-state index in [1.54, 1.807) is 22.6 Å². The van der Waals surface area contributed by atoms with Crippen molar-refractivity contribution in [3.8, 4) is 5.75 Å². The summed E-state index contributed by atoms with van der Waals surface area (Å²) in [6.45, 7) is 2.92. The predicted octanol–water partition coefficient (Wildman–Crippen LogP) is 4.51. The number of rotatable bonds is 7. The van der Waals surface area contributed by atoms with Crippen molar-refractivity contribution < 1.29 is 17.5 Å². The average molecular weight is 538 g/mol. The number of H-pyrrole nitrogens is 1. The van der Waals surface area contributed by atoms with Gasteiger partial charge in [0.1, 0.15) is 17.4 Å². The molecule has 1 unspecified atom stereocenters. The molecule has 4 aromatic rings. The standard InChI is InChI=1S/C28H32FN5O3S/c29-22-3-5-23(6-4-22)37-18-20-2-1-13-34(17-20)38(35,36)19-33-14-9-21(10-15-33)24-7-11-30-26-16-32-28-25(27(24)26)8-12-31-28/h3-8,11-12,16,20-21,30H,1-2,9-10,13-15,17-19H2. The van der Waals surface area contributed by atoms with Gasteiger partial charge in [-0.2, -0.15) is 0 Å². The number of pyridine rings is 2. The Bertz CT molecular complexity index is 1520. The number of halogens is 1. The lowest BCUT2D eigenvalue weighted by molar-refractivity contribution is 0.176. The molecule has 0 saturated carbocycles. The number of nitrogens with one attached hydrogen (secondary N) is 1. The second-order valence-electron chi connectivity index (χ2n) is 10.4. The number of sulfonamides is 1. The number of benzene rings is 1. The van der Waals surface area contributed by atoms with Crippen molar-refractivity contribution in [1.82, 2.24) is 24.2 Å². The Hall–Kier alpha value is -3.08. The van der Waals surface area contributed by atoms with Crippen molar-refractivity contribution in [2.45, 2.75) is 31.6 Å². The molecule has 200 valence electrons. The highest BCUT2D eigenvalue weighted by molar-refractivity contribution is 7.89. The molecule has 0 aliphatic carbocycles. The van der Waals surface area contributed by atoms with Gasteiger partial charge in [0.05, 0.1) is 18.3 Å². The van der Waals surface area contributed by atoms with Crippen LogP contribution in [0.4, 0.5) is 4.39 Å². The summed E-state index contributed by atoms with van der Waals surface area (Å²) in [4.78, 5) is 14.2.